The van der Waals surface area contributed by atoms with E-state index in [4.69, 9.17) is 5.11 Å². The number of nitrogens with one attached hydrogen (secondary N) is 1. The van der Waals surface area contributed by atoms with E-state index in [1.165, 1.54) is 11.1 Å². The topological polar surface area (TPSA) is 32.3 Å². The van der Waals surface area contributed by atoms with Crippen molar-refractivity contribution >= 4 is 0 Å². The number of aliphatic hydroxyl groups is 1. The normalized spacial score (nSPS) is 25.6. The minimum Gasteiger partial charge on any atom is -0.396 e. The van der Waals surface area contributed by atoms with E-state index in [0.29, 0.717) is 18.6 Å². The van der Waals surface area contributed by atoms with Gasteiger partial charge in [-0.25, -0.2) is 0 Å². The predicted octanol–water partition coefficient (Wildman–Crippen LogP) is 2.28. The molecule has 1 fully saturated rings. The number of aryl methyl sites for hydroxylation is 1. The Morgan fingerprint density at radius 2 is 2.00 bits per heavy atom. The van der Waals surface area contributed by atoms with Gasteiger partial charge in [-0.05, 0) is 36.3 Å². The SMILES string of the molecule is CCc1ccc(C2CCC(CO)CN2)cc1. The van der Waals surface area contributed by atoms with Crippen molar-refractivity contribution in [1.29, 1.82) is 0 Å². The largest absolute Gasteiger partial charge is 0.396 e. The van der Waals surface area contributed by atoms with Crippen LogP contribution >= 0.6 is 0 Å². The molecule has 0 bridgehead atoms. The van der Waals surface area contributed by atoms with Crippen LogP contribution in [0.4, 0.5) is 0 Å². The Kier molecular flexibility index (Phi) is 3.97. The molecule has 1 aliphatic heterocycles. The van der Waals surface area contributed by atoms with Crippen molar-refractivity contribution in [1.82, 2.24) is 5.32 Å². The van der Waals surface area contributed by atoms with E-state index in [0.717, 1.165) is 25.8 Å². The van der Waals surface area contributed by atoms with Gasteiger partial charge in [0.1, 0.15) is 0 Å². The van der Waals surface area contributed by atoms with E-state index < -0.39 is 0 Å². The summed E-state index contributed by atoms with van der Waals surface area (Å²) in [5.41, 5.74) is 2.78. The van der Waals surface area contributed by atoms with Gasteiger partial charge in [0.25, 0.3) is 0 Å². The van der Waals surface area contributed by atoms with Crippen LogP contribution in [0.25, 0.3) is 0 Å². The Bertz CT molecular complexity index is 312. The molecule has 1 heterocycles. The summed E-state index contributed by atoms with van der Waals surface area (Å²) in [4.78, 5) is 0. The molecule has 88 valence electrons. The molecule has 1 aromatic carbocycles. The van der Waals surface area contributed by atoms with Crippen LogP contribution < -0.4 is 5.32 Å². The molecule has 0 aromatic heterocycles. The number of aliphatic hydroxyl groups excluding tert-OH is 1. The monoisotopic (exact) mass is 219 g/mol. The lowest BCUT2D eigenvalue weighted by Gasteiger charge is -2.29. The van der Waals surface area contributed by atoms with Crippen molar-refractivity contribution in [3.05, 3.63) is 35.4 Å². The van der Waals surface area contributed by atoms with Crippen molar-refractivity contribution < 1.29 is 5.11 Å². The standard InChI is InChI=1S/C14H21NO/c1-2-11-3-6-13(7-4-11)14-8-5-12(10-16)9-15-14/h3-4,6-7,12,14-16H,2,5,8-10H2,1H3. The molecule has 2 nitrogen and oxygen atoms in total. The van der Waals surface area contributed by atoms with Gasteiger partial charge < -0.3 is 10.4 Å². The highest BCUT2D eigenvalue weighted by Crippen LogP contribution is 2.25. The molecule has 2 rings (SSSR count). The zero-order valence-corrected chi connectivity index (χ0v) is 9.95. The third-order valence-corrected chi connectivity index (χ3v) is 3.57. The molecule has 0 aliphatic carbocycles. The fourth-order valence-corrected chi connectivity index (χ4v) is 2.34. The summed E-state index contributed by atoms with van der Waals surface area (Å²) in [5.74, 6) is 0.450. The van der Waals surface area contributed by atoms with Gasteiger partial charge in [0.05, 0.1) is 0 Å². The summed E-state index contributed by atoms with van der Waals surface area (Å²) in [6.07, 6.45) is 3.37. The summed E-state index contributed by atoms with van der Waals surface area (Å²) >= 11 is 0. The Morgan fingerprint density at radius 3 is 2.50 bits per heavy atom. The molecular formula is C14H21NO. The second-order valence-corrected chi connectivity index (χ2v) is 4.68. The van der Waals surface area contributed by atoms with E-state index in [1.807, 2.05) is 0 Å². The molecule has 1 saturated heterocycles. The quantitative estimate of drug-likeness (QED) is 0.817. The highest BCUT2D eigenvalue weighted by atomic mass is 16.3. The highest BCUT2D eigenvalue weighted by Gasteiger charge is 2.20. The van der Waals surface area contributed by atoms with Crippen LogP contribution in [0.1, 0.15) is 36.9 Å². The fourth-order valence-electron chi connectivity index (χ4n) is 2.34. The number of piperidine rings is 1. The Morgan fingerprint density at radius 1 is 1.25 bits per heavy atom. The zero-order chi connectivity index (χ0) is 11.4. The smallest absolute Gasteiger partial charge is 0.0471 e. The molecule has 16 heavy (non-hydrogen) atoms. The third-order valence-electron chi connectivity index (χ3n) is 3.57. The first-order valence-electron chi connectivity index (χ1n) is 6.26. The van der Waals surface area contributed by atoms with E-state index in [2.05, 4.69) is 36.5 Å². The predicted molar refractivity (Wildman–Crippen MR) is 66.4 cm³/mol. The van der Waals surface area contributed by atoms with E-state index in [9.17, 15) is 0 Å². The molecule has 2 heteroatoms. The van der Waals surface area contributed by atoms with Gasteiger partial charge in [-0.3, -0.25) is 0 Å². The van der Waals surface area contributed by atoms with Gasteiger partial charge in [-0.15, -0.1) is 0 Å². The average Bonchev–Trinajstić information content (AvgIpc) is 2.39. The minimum atomic E-state index is 0.314. The number of rotatable bonds is 3. The van der Waals surface area contributed by atoms with E-state index >= 15 is 0 Å². The lowest BCUT2D eigenvalue weighted by atomic mass is 9.91. The molecule has 2 N–H and O–H groups in total. The Hall–Kier alpha value is -0.860. The van der Waals surface area contributed by atoms with Gasteiger partial charge in [0.2, 0.25) is 0 Å². The summed E-state index contributed by atoms with van der Waals surface area (Å²) in [5, 5.41) is 12.6. The van der Waals surface area contributed by atoms with Gasteiger partial charge in [0, 0.05) is 19.2 Å². The minimum absolute atomic E-state index is 0.314. The summed E-state index contributed by atoms with van der Waals surface area (Å²) < 4.78 is 0. The molecule has 1 aliphatic rings. The second-order valence-electron chi connectivity index (χ2n) is 4.68. The van der Waals surface area contributed by atoms with Crippen molar-refractivity contribution in [2.24, 2.45) is 5.92 Å². The van der Waals surface area contributed by atoms with Crippen molar-refractivity contribution in [2.75, 3.05) is 13.2 Å². The van der Waals surface area contributed by atoms with Crippen LogP contribution in [-0.4, -0.2) is 18.3 Å². The van der Waals surface area contributed by atoms with Crippen LogP contribution in [0.5, 0.6) is 0 Å². The summed E-state index contributed by atoms with van der Waals surface area (Å²) in [6.45, 7) is 3.44. The van der Waals surface area contributed by atoms with Crippen LogP contribution in [0.2, 0.25) is 0 Å². The van der Waals surface area contributed by atoms with Crippen LogP contribution in [-0.2, 0) is 6.42 Å². The second kappa shape index (κ2) is 5.46. The Labute approximate surface area is 97.7 Å². The molecule has 0 radical (unpaired) electrons. The molecule has 1 aromatic rings. The van der Waals surface area contributed by atoms with Gasteiger partial charge in [-0.1, -0.05) is 31.2 Å². The lowest BCUT2D eigenvalue weighted by molar-refractivity contribution is 0.184. The summed E-state index contributed by atoms with van der Waals surface area (Å²) in [6, 6.07) is 9.38. The van der Waals surface area contributed by atoms with Gasteiger partial charge >= 0.3 is 0 Å². The maximum atomic E-state index is 9.08. The molecule has 0 spiro atoms. The lowest BCUT2D eigenvalue weighted by Crippen LogP contribution is -2.34. The highest BCUT2D eigenvalue weighted by molar-refractivity contribution is 5.25. The van der Waals surface area contributed by atoms with Crippen LogP contribution in [0.15, 0.2) is 24.3 Å². The van der Waals surface area contributed by atoms with E-state index in [1.54, 1.807) is 0 Å². The molecule has 0 saturated carbocycles. The number of hydrogen-bond acceptors (Lipinski definition) is 2. The Balaban J connectivity index is 1.97. The van der Waals surface area contributed by atoms with Gasteiger partial charge in [0.15, 0.2) is 0 Å². The third kappa shape index (κ3) is 2.63. The van der Waals surface area contributed by atoms with Gasteiger partial charge in [-0.2, -0.15) is 0 Å². The van der Waals surface area contributed by atoms with Crippen molar-refractivity contribution in [3.63, 3.8) is 0 Å². The average molecular weight is 219 g/mol. The first-order chi connectivity index (χ1) is 7.83. The fraction of sp³-hybridized carbons (Fsp3) is 0.571. The molecule has 2 atom stereocenters. The van der Waals surface area contributed by atoms with Crippen LogP contribution in [0.3, 0.4) is 0 Å². The molecule has 0 amide bonds. The van der Waals surface area contributed by atoms with Crippen molar-refractivity contribution in [3.8, 4) is 0 Å². The first-order valence-corrected chi connectivity index (χ1v) is 6.26. The number of hydrogen-bond donors (Lipinski definition) is 2. The summed E-state index contributed by atoms with van der Waals surface area (Å²) in [7, 11) is 0. The first kappa shape index (κ1) is 11.6. The van der Waals surface area contributed by atoms with Crippen LogP contribution in [0, 0.1) is 5.92 Å². The van der Waals surface area contributed by atoms with E-state index in [-0.39, 0.29) is 0 Å². The zero-order valence-electron chi connectivity index (χ0n) is 9.95. The molecule has 2 unspecified atom stereocenters. The maximum absolute atomic E-state index is 9.08. The van der Waals surface area contributed by atoms with Crippen molar-refractivity contribution in [2.45, 2.75) is 32.2 Å². The maximum Gasteiger partial charge on any atom is 0.0471 e. The number of benzene rings is 1. The molecular weight excluding hydrogens is 198 g/mol.